The van der Waals surface area contributed by atoms with E-state index >= 15 is 0 Å². The van der Waals surface area contributed by atoms with Gasteiger partial charge in [0.05, 0.1) is 6.10 Å². The van der Waals surface area contributed by atoms with Crippen molar-refractivity contribution < 1.29 is 5.11 Å². The molecule has 0 saturated heterocycles. The number of hydrogen-bond acceptors (Lipinski definition) is 4. The number of aromatic nitrogens is 2. The third-order valence-corrected chi connectivity index (χ3v) is 3.52. The van der Waals surface area contributed by atoms with Crippen molar-refractivity contribution in [2.24, 2.45) is 0 Å². The average molecular weight is 269 g/mol. The molecule has 1 saturated carbocycles. The molecule has 0 radical (unpaired) electrons. The van der Waals surface area contributed by atoms with E-state index in [1.54, 1.807) is 6.20 Å². The number of aliphatic hydroxyl groups excluding tert-OH is 1. The zero-order chi connectivity index (χ0) is 13.9. The number of rotatable bonds is 5. The lowest BCUT2D eigenvalue weighted by atomic mass is 10.1. The van der Waals surface area contributed by atoms with Crippen molar-refractivity contribution in [2.45, 2.75) is 31.8 Å². The van der Waals surface area contributed by atoms with Gasteiger partial charge in [-0.25, -0.2) is 9.97 Å². The van der Waals surface area contributed by atoms with Gasteiger partial charge in [-0.3, -0.25) is 0 Å². The molecule has 1 aliphatic carbocycles. The predicted octanol–water partition coefficient (Wildman–Crippen LogP) is 2.81. The Morgan fingerprint density at radius 1 is 1.35 bits per heavy atom. The van der Waals surface area contributed by atoms with E-state index in [1.165, 1.54) is 12.8 Å². The summed E-state index contributed by atoms with van der Waals surface area (Å²) in [5.41, 5.74) is 2.08. The van der Waals surface area contributed by atoms with Gasteiger partial charge in [-0.1, -0.05) is 29.8 Å². The van der Waals surface area contributed by atoms with Gasteiger partial charge in [-0.2, -0.15) is 0 Å². The highest BCUT2D eigenvalue weighted by Gasteiger charge is 2.26. The molecule has 2 aromatic rings. The fraction of sp³-hybridized carbons (Fsp3) is 0.375. The van der Waals surface area contributed by atoms with Gasteiger partial charge >= 0.3 is 0 Å². The van der Waals surface area contributed by atoms with E-state index in [9.17, 15) is 5.11 Å². The second-order valence-corrected chi connectivity index (χ2v) is 5.39. The summed E-state index contributed by atoms with van der Waals surface area (Å²) >= 11 is 0. The zero-order valence-electron chi connectivity index (χ0n) is 11.6. The summed E-state index contributed by atoms with van der Waals surface area (Å²) in [6.45, 7) is 2.47. The molecule has 0 bridgehead atoms. The Bertz CT molecular complexity index is 596. The topological polar surface area (TPSA) is 58.0 Å². The van der Waals surface area contributed by atoms with E-state index in [-0.39, 0.29) is 0 Å². The smallest absolute Gasteiger partial charge is 0.133 e. The zero-order valence-corrected chi connectivity index (χ0v) is 11.6. The summed E-state index contributed by atoms with van der Waals surface area (Å²) < 4.78 is 0. The molecule has 4 nitrogen and oxygen atoms in total. The number of anilines is 1. The van der Waals surface area contributed by atoms with Crippen LogP contribution in [0.3, 0.4) is 0 Å². The van der Waals surface area contributed by atoms with Crippen LogP contribution in [0.1, 0.15) is 41.8 Å². The van der Waals surface area contributed by atoms with Crippen molar-refractivity contribution in [3.05, 3.63) is 53.5 Å². The molecule has 3 rings (SSSR count). The minimum Gasteiger partial charge on any atom is -0.387 e. The first-order valence-corrected chi connectivity index (χ1v) is 7.04. The SMILES string of the molecule is Cc1cccc(C(O)CNc2ccnc(C3CC3)n2)c1. The Morgan fingerprint density at radius 2 is 2.20 bits per heavy atom. The molecular formula is C16H19N3O. The van der Waals surface area contributed by atoms with Gasteiger partial charge in [0.1, 0.15) is 11.6 Å². The van der Waals surface area contributed by atoms with Crippen LogP contribution < -0.4 is 5.32 Å². The second kappa shape index (κ2) is 5.59. The minimum atomic E-state index is -0.533. The number of aliphatic hydroxyl groups is 1. The average Bonchev–Trinajstić information content (AvgIpc) is 3.30. The van der Waals surface area contributed by atoms with Crippen LogP contribution in [-0.2, 0) is 0 Å². The lowest BCUT2D eigenvalue weighted by molar-refractivity contribution is 0.191. The molecule has 1 aliphatic rings. The van der Waals surface area contributed by atoms with Crippen LogP contribution in [0.5, 0.6) is 0 Å². The van der Waals surface area contributed by atoms with Crippen LogP contribution in [0.4, 0.5) is 5.82 Å². The summed E-state index contributed by atoms with van der Waals surface area (Å²) in [6.07, 6.45) is 3.63. The lowest BCUT2D eigenvalue weighted by Crippen LogP contribution is -2.13. The fourth-order valence-electron chi connectivity index (χ4n) is 2.21. The third kappa shape index (κ3) is 3.14. The highest BCUT2D eigenvalue weighted by Crippen LogP contribution is 2.38. The summed E-state index contributed by atoms with van der Waals surface area (Å²) in [6, 6.07) is 9.77. The molecule has 1 atom stereocenters. The Balaban J connectivity index is 1.62. The molecule has 1 unspecified atom stereocenters. The Hall–Kier alpha value is -1.94. The molecular weight excluding hydrogens is 250 g/mol. The first-order chi connectivity index (χ1) is 9.72. The van der Waals surface area contributed by atoms with Crippen LogP contribution in [-0.4, -0.2) is 21.6 Å². The molecule has 1 fully saturated rings. The Kier molecular flexibility index (Phi) is 3.65. The van der Waals surface area contributed by atoms with Gasteiger partial charge in [-0.05, 0) is 31.4 Å². The first kappa shape index (κ1) is 13.1. The fourth-order valence-corrected chi connectivity index (χ4v) is 2.21. The molecule has 1 aromatic carbocycles. The molecule has 0 aliphatic heterocycles. The molecule has 20 heavy (non-hydrogen) atoms. The van der Waals surface area contributed by atoms with Gasteiger partial charge in [0.2, 0.25) is 0 Å². The van der Waals surface area contributed by atoms with Crippen LogP contribution >= 0.6 is 0 Å². The van der Waals surface area contributed by atoms with E-state index in [1.807, 2.05) is 37.3 Å². The standard InChI is InChI=1S/C16H19N3O/c1-11-3-2-4-13(9-11)14(20)10-18-15-7-8-17-16(19-15)12-5-6-12/h2-4,7-9,12,14,20H,5-6,10H2,1H3,(H,17,18,19). The van der Waals surface area contributed by atoms with Gasteiger partial charge in [0.15, 0.2) is 0 Å². The first-order valence-electron chi connectivity index (χ1n) is 7.04. The summed E-state index contributed by atoms with van der Waals surface area (Å²) in [5.74, 6) is 2.24. The molecule has 0 spiro atoms. The Labute approximate surface area is 118 Å². The van der Waals surface area contributed by atoms with E-state index in [0.717, 1.165) is 22.8 Å². The van der Waals surface area contributed by atoms with Crippen molar-refractivity contribution in [1.29, 1.82) is 0 Å². The maximum absolute atomic E-state index is 10.2. The van der Waals surface area contributed by atoms with Crippen molar-refractivity contribution in [2.75, 3.05) is 11.9 Å². The number of aryl methyl sites for hydroxylation is 1. The van der Waals surface area contributed by atoms with Crippen molar-refractivity contribution >= 4 is 5.82 Å². The highest BCUT2D eigenvalue weighted by molar-refractivity contribution is 5.35. The Morgan fingerprint density at radius 3 is 2.95 bits per heavy atom. The molecule has 1 heterocycles. The summed E-state index contributed by atoms with van der Waals surface area (Å²) in [4.78, 5) is 8.77. The maximum Gasteiger partial charge on any atom is 0.133 e. The summed E-state index contributed by atoms with van der Waals surface area (Å²) in [5, 5.41) is 13.4. The van der Waals surface area contributed by atoms with Crippen LogP contribution in [0.25, 0.3) is 0 Å². The van der Waals surface area contributed by atoms with Gasteiger partial charge in [-0.15, -0.1) is 0 Å². The van der Waals surface area contributed by atoms with E-state index < -0.39 is 6.10 Å². The van der Waals surface area contributed by atoms with E-state index in [2.05, 4.69) is 15.3 Å². The van der Waals surface area contributed by atoms with E-state index in [0.29, 0.717) is 12.5 Å². The van der Waals surface area contributed by atoms with Crippen LogP contribution in [0.2, 0.25) is 0 Å². The van der Waals surface area contributed by atoms with E-state index in [4.69, 9.17) is 0 Å². The van der Waals surface area contributed by atoms with Crippen molar-refractivity contribution in [3.63, 3.8) is 0 Å². The quantitative estimate of drug-likeness (QED) is 0.876. The van der Waals surface area contributed by atoms with Crippen LogP contribution in [0, 0.1) is 6.92 Å². The number of nitrogens with zero attached hydrogens (tertiary/aromatic N) is 2. The normalized spacial score (nSPS) is 15.9. The number of benzene rings is 1. The van der Waals surface area contributed by atoms with Crippen molar-refractivity contribution in [1.82, 2.24) is 9.97 Å². The van der Waals surface area contributed by atoms with Crippen LogP contribution in [0.15, 0.2) is 36.5 Å². The highest BCUT2D eigenvalue weighted by atomic mass is 16.3. The summed E-state index contributed by atoms with van der Waals surface area (Å²) in [7, 11) is 0. The van der Waals surface area contributed by atoms with Gasteiger partial charge in [0.25, 0.3) is 0 Å². The third-order valence-electron chi connectivity index (χ3n) is 3.52. The largest absolute Gasteiger partial charge is 0.387 e. The molecule has 0 amide bonds. The van der Waals surface area contributed by atoms with Gasteiger partial charge in [0, 0.05) is 18.7 Å². The lowest BCUT2D eigenvalue weighted by Gasteiger charge is -2.13. The minimum absolute atomic E-state index is 0.449. The predicted molar refractivity (Wildman–Crippen MR) is 78.6 cm³/mol. The van der Waals surface area contributed by atoms with Gasteiger partial charge < -0.3 is 10.4 Å². The molecule has 4 heteroatoms. The molecule has 1 aromatic heterocycles. The number of hydrogen-bond donors (Lipinski definition) is 2. The monoisotopic (exact) mass is 269 g/mol. The second-order valence-electron chi connectivity index (χ2n) is 5.39. The maximum atomic E-state index is 10.2. The van der Waals surface area contributed by atoms with Crippen molar-refractivity contribution in [3.8, 4) is 0 Å². The number of nitrogens with one attached hydrogen (secondary N) is 1. The molecule has 2 N–H and O–H groups in total. The molecule has 104 valence electrons.